The highest BCUT2D eigenvalue weighted by molar-refractivity contribution is 7.17. The molecule has 1 heterocycles. The maximum atomic E-state index is 11.5. The molecule has 0 saturated carbocycles. The number of benzene rings is 1. The molecule has 0 bridgehead atoms. The Morgan fingerprint density at radius 2 is 2.00 bits per heavy atom. The van der Waals surface area contributed by atoms with Crippen LogP contribution in [0, 0.1) is 6.92 Å². The third-order valence-electron chi connectivity index (χ3n) is 3.14. The van der Waals surface area contributed by atoms with Gasteiger partial charge in [-0.15, -0.1) is 0 Å². The number of carboxylic acid groups (broad SMARTS) is 1. The summed E-state index contributed by atoms with van der Waals surface area (Å²) >= 11 is 1.07. The van der Waals surface area contributed by atoms with E-state index in [2.05, 4.69) is 10.3 Å². The first kappa shape index (κ1) is 15.2. The van der Waals surface area contributed by atoms with Gasteiger partial charge >= 0.3 is 5.97 Å². The second-order valence-corrected chi connectivity index (χ2v) is 5.78. The number of hydrogen-bond donors (Lipinski definition) is 2. The summed E-state index contributed by atoms with van der Waals surface area (Å²) in [6.07, 6.45) is 0. The summed E-state index contributed by atoms with van der Waals surface area (Å²) in [5.41, 5.74) is 2.06. The molecule has 0 aliphatic carbocycles. The number of thiazole rings is 1. The Hall–Kier alpha value is -2.21. The van der Waals surface area contributed by atoms with E-state index in [4.69, 9.17) is 5.11 Å². The number of anilines is 1. The van der Waals surface area contributed by atoms with Crippen LogP contribution in [0.15, 0.2) is 24.3 Å². The normalized spacial score (nSPS) is 12.0. The first-order chi connectivity index (χ1) is 9.90. The van der Waals surface area contributed by atoms with E-state index in [0.717, 1.165) is 22.5 Å². The van der Waals surface area contributed by atoms with Crippen LogP contribution in [0.1, 0.15) is 51.2 Å². The zero-order valence-corrected chi connectivity index (χ0v) is 12.8. The molecule has 2 N–H and O–H groups in total. The average Bonchev–Trinajstić information content (AvgIpc) is 2.83. The number of carboxylic acids is 1. The molecule has 21 heavy (non-hydrogen) atoms. The van der Waals surface area contributed by atoms with Gasteiger partial charge in [-0.2, -0.15) is 0 Å². The Kier molecular flexibility index (Phi) is 4.37. The van der Waals surface area contributed by atoms with Gasteiger partial charge in [-0.25, -0.2) is 9.78 Å². The maximum absolute atomic E-state index is 11.5. The highest BCUT2D eigenvalue weighted by Gasteiger charge is 2.21. The summed E-state index contributed by atoms with van der Waals surface area (Å²) in [5.74, 6) is -1.48. The number of rotatable bonds is 5. The van der Waals surface area contributed by atoms with E-state index in [0.29, 0.717) is 5.13 Å². The number of aromatic carboxylic acids is 1. The summed E-state index contributed by atoms with van der Waals surface area (Å²) in [4.78, 5) is 26.8. The third-order valence-corrected chi connectivity index (χ3v) is 4.23. The van der Waals surface area contributed by atoms with Crippen molar-refractivity contribution in [3.05, 3.63) is 46.0 Å². The molecule has 2 rings (SSSR count). The lowest BCUT2D eigenvalue weighted by atomic mass is 10.0. The van der Waals surface area contributed by atoms with Crippen molar-refractivity contribution in [2.75, 3.05) is 5.32 Å². The van der Waals surface area contributed by atoms with Crippen LogP contribution in [-0.2, 0) is 0 Å². The molecule has 0 amide bonds. The van der Waals surface area contributed by atoms with Gasteiger partial charge < -0.3 is 10.4 Å². The van der Waals surface area contributed by atoms with Gasteiger partial charge in [0.2, 0.25) is 0 Å². The lowest BCUT2D eigenvalue weighted by Gasteiger charge is -2.15. The van der Waals surface area contributed by atoms with Crippen LogP contribution in [0.4, 0.5) is 5.13 Å². The van der Waals surface area contributed by atoms with Crippen molar-refractivity contribution in [1.29, 1.82) is 0 Å². The Labute approximate surface area is 126 Å². The number of carbonyl (C=O) groups is 2. The minimum atomic E-state index is -1.19. The van der Waals surface area contributed by atoms with Crippen molar-refractivity contribution in [1.82, 2.24) is 4.98 Å². The van der Waals surface area contributed by atoms with Crippen molar-refractivity contribution < 1.29 is 14.7 Å². The van der Waals surface area contributed by atoms with Crippen LogP contribution >= 0.6 is 11.3 Å². The molecule has 0 saturated heterocycles. The van der Waals surface area contributed by atoms with Gasteiger partial charge in [-0.3, -0.25) is 4.79 Å². The maximum Gasteiger partial charge on any atom is 0.356 e. The number of hydrogen-bond acceptors (Lipinski definition) is 5. The molecule has 1 aromatic carbocycles. The van der Waals surface area contributed by atoms with Crippen molar-refractivity contribution in [2.24, 2.45) is 0 Å². The summed E-state index contributed by atoms with van der Waals surface area (Å²) in [6, 6.07) is 7.90. The van der Waals surface area contributed by atoms with Gasteiger partial charge in [-0.1, -0.05) is 35.6 Å². The second-order valence-electron chi connectivity index (χ2n) is 4.78. The molecule has 110 valence electrons. The SMILES string of the molecule is CC(=O)c1sc(NC(C)c2ccccc2C)nc1C(=O)O. The van der Waals surface area contributed by atoms with Gasteiger partial charge in [0, 0.05) is 6.92 Å². The first-order valence-corrected chi connectivity index (χ1v) is 7.29. The monoisotopic (exact) mass is 304 g/mol. The minimum Gasteiger partial charge on any atom is -0.476 e. The lowest BCUT2D eigenvalue weighted by molar-refractivity contribution is 0.0687. The topological polar surface area (TPSA) is 79.3 Å². The van der Waals surface area contributed by atoms with E-state index in [-0.39, 0.29) is 22.4 Å². The fraction of sp³-hybridized carbons (Fsp3) is 0.267. The summed E-state index contributed by atoms with van der Waals surface area (Å²) in [6.45, 7) is 5.32. The zero-order valence-electron chi connectivity index (χ0n) is 12.0. The lowest BCUT2D eigenvalue weighted by Crippen LogP contribution is -2.08. The zero-order chi connectivity index (χ0) is 15.6. The summed E-state index contributed by atoms with van der Waals surface area (Å²) in [5, 5.41) is 12.7. The van der Waals surface area contributed by atoms with Crippen LogP contribution in [-0.4, -0.2) is 21.8 Å². The van der Waals surface area contributed by atoms with Crippen LogP contribution in [0.2, 0.25) is 0 Å². The number of Topliss-reactive ketones (excluding diaryl/α,β-unsaturated/α-hetero) is 1. The summed E-state index contributed by atoms with van der Waals surface area (Å²) in [7, 11) is 0. The molecule has 6 heteroatoms. The fourth-order valence-electron chi connectivity index (χ4n) is 2.10. The molecule has 0 aliphatic heterocycles. The van der Waals surface area contributed by atoms with E-state index in [1.54, 1.807) is 0 Å². The molecular weight excluding hydrogens is 288 g/mol. The first-order valence-electron chi connectivity index (χ1n) is 6.47. The van der Waals surface area contributed by atoms with Crippen molar-refractivity contribution >= 4 is 28.2 Å². The highest BCUT2D eigenvalue weighted by atomic mass is 32.1. The Balaban J connectivity index is 2.28. The smallest absolute Gasteiger partial charge is 0.356 e. The molecule has 0 spiro atoms. The van der Waals surface area contributed by atoms with E-state index in [1.165, 1.54) is 6.92 Å². The van der Waals surface area contributed by atoms with Gasteiger partial charge in [-0.05, 0) is 25.0 Å². The van der Waals surface area contributed by atoms with Crippen LogP contribution < -0.4 is 5.32 Å². The minimum absolute atomic E-state index is 0.0289. The molecule has 5 nitrogen and oxygen atoms in total. The largest absolute Gasteiger partial charge is 0.476 e. The molecule has 0 radical (unpaired) electrons. The number of aryl methyl sites for hydroxylation is 1. The molecule has 1 unspecified atom stereocenters. The quantitative estimate of drug-likeness (QED) is 0.826. The Morgan fingerprint density at radius 1 is 1.33 bits per heavy atom. The fourth-order valence-corrected chi connectivity index (χ4v) is 3.04. The Bertz CT molecular complexity index is 662. The number of carbonyl (C=O) groups excluding carboxylic acids is 1. The summed E-state index contributed by atoms with van der Waals surface area (Å²) < 4.78 is 0. The molecular formula is C15H16N2O3S. The molecule has 0 aliphatic rings. The number of nitrogens with zero attached hydrogens (tertiary/aromatic N) is 1. The van der Waals surface area contributed by atoms with Gasteiger partial charge in [0.15, 0.2) is 16.6 Å². The van der Waals surface area contributed by atoms with Gasteiger partial charge in [0.05, 0.1) is 6.04 Å². The third kappa shape index (κ3) is 3.28. The van der Waals surface area contributed by atoms with Crippen LogP contribution in [0.25, 0.3) is 0 Å². The number of nitrogens with one attached hydrogen (secondary N) is 1. The van der Waals surface area contributed by atoms with Crippen LogP contribution in [0.3, 0.4) is 0 Å². The van der Waals surface area contributed by atoms with E-state index in [9.17, 15) is 9.59 Å². The van der Waals surface area contributed by atoms with Crippen molar-refractivity contribution in [3.63, 3.8) is 0 Å². The Morgan fingerprint density at radius 3 is 2.52 bits per heavy atom. The number of aromatic nitrogens is 1. The van der Waals surface area contributed by atoms with Crippen molar-refractivity contribution in [3.8, 4) is 0 Å². The standard InChI is InChI=1S/C15H16N2O3S/c1-8-6-4-5-7-11(8)9(2)16-15-17-12(14(19)20)13(21-15)10(3)18/h4-7,9H,1-3H3,(H,16,17)(H,19,20). The number of ketones is 1. The predicted molar refractivity (Wildman–Crippen MR) is 82.3 cm³/mol. The van der Waals surface area contributed by atoms with E-state index < -0.39 is 5.97 Å². The van der Waals surface area contributed by atoms with Crippen LogP contribution in [0.5, 0.6) is 0 Å². The predicted octanol–water partition coefficient (Wildman–Crippen LogP) is 3.53. The highest BCUT2D eigenvalue weighted by Crippen LogP contribution is 2.28. The molecule has 1 atom stereocenters. The molecule has 0 fully saturated rings. The molecule has 2 aromatic rings. The average molecular weight is 304 g/mol. The van der Waals surface area contributed by atoms with E-state index >= 15 is 0 Å². The molecule has 1 aromatic heterocycles. The van der Waals surface area contributed by atoms with E-state index in [1.807, 2.05) is 38.1 Å². The van der Waals surface area contributed by atoms with Gasteiger partial charge in [0.25, 0.3) is 0 Å². The van der Waals surface area contributed by atoms with Crippen molar-refractivity contribution in [2.45, 2.75) is 26.8 Å². The van der Waals surface area contributed by atoms with Gasteiger partial charge in [0.1, 0.15) is 4.88 Å². The second kappa shape index (κ2) is 6.05.